The van der Waals surface area contributed by atoms with Crippen LogP contribution in [0.15, 0.2) is 0 Å². The van der Waals surface area contributed by atoms with Crippen molar-refractivity contribution in [1.82, 2.24) is 0 Å². The van der Waals surface area contributed by atoms with E-state index in [-0.39, 0.29) is 17.1 Å². The highest BCUT2D eigenvalue weighted by atomic mass is 16.6. The summed E-state index contributed by atoms with van der Waals surface area (Å²) in [6, 6.07) is 0.119. The molecule has 1 unspecified atom stereocenters. The molecule has 76 valence electrons. The molecule has 2 atom stereocenters. The number of rotatable bonds is 1. The molecule has 0 aromatic carbocycles. The van der Waals surface area contributed by atoms with E-state index in [0.29, 0.717) is 19.1 Å². The maximum Gasteiger partial charge on any atom is 0.130 e. The number of hydrogen-bond acceptors (Lipinski definition) is 3. The summed E-state index contributed by atoms with van der Waals surface area (Å²) in [6.45, 7) is 8.76. The Morgan fingerprint density at radius 2 is 1.92 bits per heavy atom. The van der Waals surface area contributed by atoms with E-state index < -0.39 is 0 Å². The van der Waals surface area contributed by atoms with Crippen molar-refractivity contribution in [1.29, 1.82) is 0 Å². The zero-order chi connectivity index (χ0) is 9.69. The average molecular weight is 185 g/mol. The lowest BCUT2D eigenvalue weighted by atomic mass is 9.70. The van der Waals surface area contributed by atoms with Crippen LogP contribution >= 0.6 is 0 Å². The average Bonchev–Trinajstić information content (AvgIpc) is 2.26. The number of ether oxygens (including phenoxy) is 2. The second-order valence-corrected chi connectivity index (χ2v) is 4.98. The molecule has 2 aliphatic rings. The zero-order valence-corrected chi connectivity index (χ0v) is 8.67. The normalized spacial score (nSPS) is 42.7. The Balaban J connectivity index is 2.18. The van der Waals surface area contributed by atoms with Gasteiger partial charge >= 0.3 is 0 Å². The van der Waals surface area contributed by atoms with Gasteiger partial charge in [-0.15, -0.1) is 0 Å². The van der Waals surface area contributed by atoms with Gasteiger partial charge in [0.1, 0.15) is 5.60 Å². The lowest BCUT2D eigenvalue weighted by molar-refractivity contribution is -0.189. The molecule has 0 amide bonds. The molecule has 1 spiro atoms. The van der Waals surface area contributed by atoms with E-state index in [1.54, 1.807) is 0 Å². The summed E-state index contributed by atoms with van der Waals surface area (Å²) in [5.74, 6) is 0.558. The van der Waals surface area contributed by atoms with Gasteiger partial charge in [0.25, 0.3) is 0 Å². The van der Waals surface area contributed by atoms with Crippen LogP contribution in [0.25, 0.3) is 0 Å². The quantitative estimate of drug-likeness (QED) is 0.656. The van der Waals surface area contributed by atoms with Crippen molar-refractivity contribution in [3.05, 3.63) is 0 Å². The zero-order valence-electron chi connectivity index (χ0n) is 8.67. The van der Waals surface area contributed by atoms with Crippen molar-refractivity contribution in [2.75, 3.05) is 19.8 Å². The van der Waals surface area contributed by atoms with Crippen molar-refractivity contribution in [2.45, 2.75) is 32.4 Å². The Labute approximate surface area is 79.6 Å². The monoisotopic (exact) mass is 185 g/mol. The predicted octanol–water partition coefficient (Wildman–Crippen LogP) is 0.775. The third kappa shape index (κ3) is 1.07. The fourth-order valence-electron chi connectivity index (χ4n) is 2.17. The molecule has 2 N–H and O–H groups in total. The van der Waals surface area contributed by atoms with Crippen molar-refractivity contribution >= 4 is 0 Å². The molecular formula is C10H19NO2. The molecule has 2 aliphatic heterocycles. The molecule has 0 bridgehead atoms. The molecule has 3 heteroatoms. The summed E-state index contributed by atoms with van der Waals surface area (Å²) < 4.78 is 11.0. The van der Waals surface area contributed by atoms with Crippen LogP contribution < -0.4 is 5.73 Å². The molecule has 0 aromatic heterocycles. The maximum atomic E-state index is 6.25. The first kappa shape index (κ1) is 9.44. The molecule has 2 saturated heterocycles. The van der Waals surface area contributed by atoms with Crippen LogP contribution in [-0.2, 0) is 9.47 Å². The minimum absolute atomic E-state index is 0.115. The van der Waals surface area contributed by atoms with Crippen molar-refractivity contribution < 1.29 is 9.47 Å². The van der Waals surface area contributed by atoms with Gasteiger partial charge in [-0.25, -0.2) is 0 Å². The van der Waals surface area contributed by atoms with Crippen LogP contribution in [-0.4, -0.2) is 31.5 Å². The first-order valence-corrected chi connectivity index (χ1v) is 4.98. The van der Waals surface area contributed by atoms with Crippen molar-refractivity contribution in [3.8, 4) is 0 Å². The Morgan fingerprint density at radius 1 is 1.31 bits per heavy atom. The molecule has 13 heavy (non-hydrogen) atoms. The number of hydrogen-bond donors (Lipinski definition) is 1. The fourth-order valence-corrected chi connectivity index (χ4v) is 2.17. The lowest BCUT2D eigenvalue weighted by Crippen LogP contribution is -2.63. The van der Waals surface area contributed by atoms with Gasteiger partial charge in [0.05, 0.1) is 19.8 Å². The topological polar surface area (TPSA) is 44.5 Å². The van der Waals surface area contributed by atoms with Crippen LogP contribution in [0.3, 0.4) is 0 Å². The summed E-state index contributed by atoms with van der Waals surface area (Å²) in [6.07, 6.45) is 0. The Bertz CT molecular complexity index is 213. The van der Waals surface area contributed by atoms with Crippen LogP contribution in [0.5, 0.6) is 0 Å². The first-order valence-electron chi connectivity index (χ1n) is 4.98. The van der Waals surface area contributed by atoms with E-state index >= 15 is 0 Å². The van der Waals surface area contributed by atoms with Gasteiger partial charge in [-0.1, -0.05) is 20.8 Å². The van der Waals surface area contributed by atoms with Crippen molar-refractivity contribution in [3.63, 3.8) is 0 Å². The molecule has 2 fully saturated rings. The molecule has 0 aromatic rings. The third-order valence-corrected chi connectivity index (χ3v) is 3.96. The standard InChI is InChI=1S/C10H19NO2/c1-7(2)9(3)4-13-10(8(9)11)5-12-6-10/h7-8H,4-6,11H2,1-3H3/t8-,9?/m0/s1. The molecule has 0 aliphatic carbocycles. The third-order valence-electron chi connectivity index (χ3n) is 3.96. The molecule has 3 nitrogen and oxygen atoms in total. The molecular weight excluding hydrogens is 166 g/mol. The smallest absolute Gasteiger partial charge is 0.130 e. The van der Waals surface area contributed by atoms with Gasteiger partial charge in [-0.05, 0) is 5.92 Å². The highest BCUT2D eigenvalue weighted by Gasteiger charge is 2.59. The Kier molecular flexibility index (Phi) is 1.95. The molecule has 0 radical (unpaired) electrons. The summed E-state index contributed by atoms with van der Waals surface area (Å²) >= 11 is 0. The second kappa shape index (κ2) is 2.69. The highest BCUT2D eigenvalue weighted by Crippen LogP contribution is 2.46. The van der Waals surface area contributed by atoms with Crippen molar-refractivity contribution in [2.24, 2.45) is 17.1 Å². The first-order chi connectivity index (χ1) is 6.01. The fraction of sp³-hybridized carbons (Fsp3) is 1.00. The van der Waals surface area contributed by atoms with E-state index in [2.05, 4.69) is 20.8 Å². The Morgan fingerprint density at radius 3 is 2.15 bits per heavy atom. The highest BCUT2D eigenvalue weighted by molar-refractivity contribution is 5.10. The van der Waals surface area contributed by atoms with Gasteiger partial charge in [0.15, 0.2) is 0 Å². The van der Waals surface area contributed by atoms with Gasteiger partial charge in [-0.3, -0.25) is 0 Å². The van der Waals surface area contributed by atoms with Gasteiger partial charge < -0.3 is 15.2 Å². The van der Waals surface area contributed by atoms with Crippen LogP contribution in [0.2, 0.25) is 0 Å². The van der Waals surface area contributed by atoms with E-state index in [9.17, 15) is 0 Å². The summed E-state index contributed by atoms with van der Waals surface area (Å²) in [5.41, 5.74) is 6.21. The minimum Gasteiger partial charge on any atom is -0.375 e. The largest absolute Gasteiger partial charge is 0.375 e. The molecule has 0 saturated carbocycles. The summed E-state index contributed by atoms with van der Waals surface area (Å²) in [4.78, 5) is 0. The summed E-state index contributed by atoms with van der Waals surface area (Å²) in [5, 5.41) is 0. The second-order valence-electron chi connectivity index (χ2n) is 4.98. The van der Waals surface area contributed by atoms with E-state index in [1.165, 1.54) is 0 Å². The lowest BCUT2D eigenvalue weighted by Gasteiger charge is -2.43. The van der Waals surface area contributed by atoms with Gasteiger partial charge in [-0.2, -0.15) is 0 Å². The van der Waals surface area contributed by atoms with Crippen LogP contribution in [0.4, 0.5) is 0 Å². The minimum atomic E-state index is -0.154. The van der Waals surface area contributed by atoms with E-state index in [0.717, 1.165) is 6.61 Å². The SMILES string of the molecule is CC(C)C1(C)COC2(COC2)[C@H]1N. The van der Waals surface area contributed by atoms with E-state index in [4.69, 9.17) is 15.2 Å². The summed E-state index contributed by atoms with van der Waals surface area (Å²) in [7, 11) is 0. The molecule has 2 heterocycles. The van der Waals surface area contributed by atoms with Crippen LogP contribution in [0, 0.1) is 11.3 Å². The molecule has 2 rings (SSSR count). The maximum absolute atomic E-state index is 6.25. The van der Waals surface area contributed by atoms with E-state index in [1.807, 2.05) is 0 Å². The Hall–Kier alpha value is -0.120. The van der Waals surface area contributed by atoms with Gasteiger partial charge in [0.2, 0.25) is 0 Å². The number of nitrogens with two attached hydrogens (primary N) is 1. The van der Waals surface area contributed by atoms with Gasteiger partial charge in [0, 0.05) is 11.5 Å². The predicted molar refractivity (Wildman–Crippen MR) is 50.4 cm³/mol. The van der Waals surface area contributed by atoms with Crippen LogP contribution in [0.1, 0.15) is 20.8 Å².